The third kappa shape index (κ3) is 5.68. The molecule has 0 aromatic heterocycles. The molecule has 0 saturated heterocycles. The standard InChI is InChI=1S/C28H34N2O4S/c1-7-22-10-9-11-23(8-2)28(22)29-27(31)18-30(24-14-13-20(4)21(5)17-24)35(32,33)26-16-19(3)12-15-25(26)34-6/h9-17H,7-8,18H2,1-6H3,(H,29,31). The summed E-state index contributed by atoms with van der Waals surface area (Å²) in [6.07, 6.45) is 1.51. The van der Waals surface area contributed by atoms with Crippen molar-refractivity contribution in [1.29, 1.82) is 0 Å². The highest BCUT2D eigenvalue weighted by molar-refractivity contribution is 7.93. The highest BCUT2D eigenvalue weighted by atomic mass is 32.2. The maximum absolute atomic E-state index is 14.0. The summed E-state index contributed by atoms with van der Waals surface area (Å²) in [6.45, 7) is 9.38. The van der Waals surface area contributed by atoms with E-state index < -0.39 is 15.9 Å². The number of hydrogen-bond acceptors (Lipinski definition) is 4. The summed E-state index contributed by atoms with van der Waals surface area (Å²) in [7, 11) is -2.68. The van der Waals surface area contributed by atoms with E-state index in [-0.39, 0.29) is 17.2 Å². The number of nitrogens with one attached hydrogen (secondary N) is 1. The number of carbonyl (C=O) groups is 1. The average Bonchev–Trinajstić information content (AvgIpc) is 2.84. The van der Waals surface area contributed by atoms with E-state index in [1.54, 1.807) is 30.3 Å². The van der Waals surface area contributed by atoms with Crippen LogP contribution in [0.3, 0.4) is 0 Å². The van der Waals surface area contributed by atoms with Crippen molar-refractivity contribution in [3.8, 4) is 5.75 Å². The minimum atomic E-state index is -4.12. The Bertz CT molecular complexity index is 1310. The molecule has 0 aliphatic rings. The van der Waals surface area contributed by atoms with Crippen LogP contribution in [0.1, 0.15) is 41.7 Å². The van der Waals surface area contributed by atoms with Crippen LogP contribution >= 0.6 is 0 Å². The lowest BCUT2D eigenvalue weighted by atomic mass is 10.0. The zero-order valence-electron chi connectivity index (χ0n) is 21.3. The quantitative estimate of drug-likeness (QED) is 0.421. The predicted octanol–water partition coefficient (Wildman–Crippen LogP) is 5.58. The molecule has 0 bridgehead atoms. The van der Waals surface area contributed by atoms with E-state index in [9.17, 15) is 13.2 Å². The number of aryl methyl sites for hydroxylation is 5. The molecule has 0 aliphatic heterocycles. The van der Waals surface area contributed by atoms with Gasteiger partial charge in [0.2, 0.25) is 5.91 Å². The summed E-state index contributed by atoms with van der Waals surface area (Å²) in [5.74, 6) is -0.177. The molecule has 35 heavy (non-hydrogen) atoms. The van der Waals surface area contributed by atoms with Crippen LogP contribution in [0.4, 0.5) is 11.4 Å². The number of benzene rings is 3. The third-order valence-electron chi connectivity index (χ3n) is 6.22. The van der Waals surface area contributed by atoms with Gasteiger partial charge in [0, 0.05) is 5.69 Å². The summed E-state index contributed by atoms with van der Waals surface area (Å²) in [6, 6.07) is 16.3. The summed E-state index contributed by atoms with van der Waals surface area (Å²) >= 11 is 0. The number of sulfonamides is 1. The summed E-state index contributed by atoms with van der Waals surface area (Å²) in [5, 5.41) is 2.99. The van der Waals surface area contributed by atoms with Crippen molar-refractivity contribution >= 4 is 27.3 Å². The Balaban J connectivity index is 2.08. The maximum atomic E-state index is 14.0. The Morgan fingerprint density at radius 1 is 0.914 bits per heavy atom. The topological polar surface area (TPSA) is 75.7 Å². The fraction of sp³-hybridized carbons (Fsp3) is 0.321. The highest BCUT2D eigenvalue weighted by Gasteiger charge is 2.30. The lowest BCUT2D eigenvalue weighted by molar-refractivity contribution is -0.114. The molecule has 3 aromatic rings. The van der Waals surface area contributed by atoms with Gasteiger partial charge in [-0.2, -0.15) is 0 Å². The molecule has 0 aliphatic carbocycles. The zero-order valence-corrected chi connectivity index (χ0v) is 22.1. The van der Waals surface area contributed by atoms with Crippen LogP contribution in [-0.4, -0.2) is 28.0 Å². The Morgan fingerprint density at radius 3 is 2.14 bits per heavy atom. The molecule has 3 aromatic carbocycles. The SMILES string of the molecule is CCc1cccc(CC)c1NC(=O)CN(c1ccc(C)c(C)c1)S(=O)(=O)c1cc(C)ccc1OC. The molecule has 0 heterocycles. The number of carbonyl (C=O) groups excluding carboxylic acids is 1. The molecule has 1 amide bonds. The van der Waals surface area contributed by atoms with E-state index in [1.165, 1.54) is 7.11 Å². The number of anilines is 2. The molecule has 0 unspecified atom stereocenters. The molecule has 0 radical (unpaired) electrons. The van der Waals surface area contributed by atoms with Crippen LogP contribution < -0.4 is 14.4 Å². The first-order valence-electron chi connectivity index (χ1n) is 11.8. The monoisotopic (exact) mass is 494 g/mol. The minimum absolute atomic E-state index is 0.0224. The first-order valence-corrected chi connectivity index (χ1v) is 13.2. The molecule has 1 N–H and O–H groups in total. The van der Waals surface area contributed by atoms with Gasteiger partial charge in [-0.3, -0.25) is 9.10 Å². The normalized spacial score (nSPS) is 11.3. The van der Waals surface area contributed by atoms with Crippen LogP contribution in [0.2, 0.25) is 0 Å². The largest absolute Gasteiger partial charge is 0.495 e. The summed E-state index contributed by atoms with van der Waals surface area (Å²) < 4.78 is 34.5. The van der Waals surface area contributed by atoms with Gasteiger partial charge in [0.1, 0.15) is 17.2 Å². The number of methoxy groups -OCH3 is 1. The third-order valence-corrected chi connectivity index (χ3v) is 8.01. The number of ether oxygens (including phenoxy) is 1. The van der Waals surface area contributed by atoms with Crippen molar-refractivity contribution in [2.75, 3.05) is 23.3 Å². The summed E-state index contributed by atoms with van der Waals surface area (Å²) in [4.78, 5) is 13.4. The van der Waals surface area contributed by atoms with Crippen molar-refractivity contribution in [3.63, 3.8) is 0 Å². The van der Waals surface area contributed by atoms with Gasteiger partial charge >= 0.3 is 0 Å². The number of amides is 1. The molecule has 7 heteroatoms. The molecule has 3 rings (SSSR count). The van der Waals surface area contributed by atoms with Gasteiger partial charge in [-0.05, 0) is 85.7 Å². The first kappa shape index (κ1) is 26.3. The fourth-order valence-electron chi connectivity index (χ4n) is 4.01. The second-order valence-electron chi connectivity index (χ2n) is 8.64. The van der Waals surface area contributed by atoms with Gasteiger partial charge < -0.3 is 10.1 Å². The number of para-hydroxylation sites is 1. The molecule has 0 saturated carbocycles. The molecular formula is C28H34N2O4S. The average molecular weight is 495 g/mol. The van der Waals surface area contributed by atoms with E-state index >= 15 is 0 Å². The Hall–Kier alpha value is -3.32. The van der Waals surface area contributed by atoms with Gasteiger partial charge in [0.15, 0.2) is 0 Å². The van der Waals surface area contributed by atoms with E-state index in [4.69, 9.17) is 4.74 Å². The Kier molecular flexibility index (Phi) is 8.22. The van der Waals surface area contributed by atoms with Crippen molar-refractivity contribution in [2.24, 2.45) is 0 Å². The van der Waals surface area contributed by atoms with Crippen LogP contribution in [0.5, 0.6) is 5.75 Å². The lowest BCUT2D eigenvalue weighted by Crippen LogP contribution is -2.38. The zero-order chi connectivity index (χ0) is 25.8. The molecule has 186 valence electrons. The molecule has 6 nitrogen and oxygen atoms in total. The van der Waals surface area contributed by atoms with Gasteiger partial charge in [0.25, 0.3) is 10.0 Å². The van der Waals surface area contributed by atoms with Crippen molar-refractivity contribution in [1.82, 2.24) is 0 Å². The maximum Gasteiger partial charge on any atom is 0.268 e. The number of rotatable bonds is 9. The number of nitrogens with zero attached hydrogens (tertiary/aromatic N) is 1. The van der Waals surface area contributed by atoms with Crippen molar-refractivity contribution < 1.29 is 17.9 Å². The van der Waals surface area contributed by atoms with Crippen LogP contribution in [0.25, 0.3) is 0 Å². The van der Waals surface area contributed by atoms with E-state index in [0.29, 0.717) is 5.69 Å². The molecular weight excluding hydrogens is 460 g/mol. The van der Waals surface area contributed by atoms with Gasteiger partial charge in [0.05, 0.1) is 12.8 Å². The Morgan fingerprint density at radius 2 is 1.57 bits per heavy atom. The van der Waals surface area contributed by atoms with E-state index in [2.05, 4.69) is 5.32 Å². The van der Waals surface area contributed by atoms with E-state index in [0.717, 1.165) is 50.7 Å². The highest BCUT2D eigenvalue weighted by Crippen LogP contribution is 2.32. The summed E-state index contributed by atoms with van der Waals surface area (Å²) in [5.41, 5.74) is 5.95. The fourth-order valence-corrected chi connectivity index (χ4v) is 5.67. The molecule has 0 atom stereocenters. The molecule has 0 fully saturated rings. The van der Waals surface area contributed by atoms with Crippen LogP contribution in [-0.2, 0) is 27.7 Å². The van der Waals surface area contributed by atoms with Gasteiger partial charge in [-0.1, -0.05) is 44.2 Å². The first-order chi connectivity index (χ1) is 16.6. The van der Waals surface area contributed by atoms with Crippen molar-refractivity contribution in [3.05, 3.63) is 82.4 Å². The predicted molar refractivity (Wildman–Crippen MR) is 142 cm³/mol. The number of hydrogen-bond donors (Lipinski definition) is 1. The smallest absolute Gasteiger partial charge is 0.268 e. The van der Waals surface area contributed by atoms with Gasteiger partial charge in [-0.25, -0.2) is 8.42 Å². The van der Waals surface area contributed by atoms with Crippen LogP contribution in [0, 0.1) is 20.8 Å². The minimum Gasteiger partial charge on any atom is -0.495 e. The van der Waals surface area contributed by atoms with E-state index in [1.807, 2.05) is 58.9 Å². The second-order valence-corrected chi connectivity index (χ2v) is 10.5. The van der Waals surface area contributed by atoms with Crippen LogP contribution in [0.15, 0.2) is 59.5 Å². The van der Waals surface area contributed by atoms with Gasteiger partial charge in [-0.15, -0.1) is 0 Å². The van der Waals surface area contributed by atoms with Crippen molar-refractivity contribution in [2.45, 2.75) is 52.4 Å². The second kappa shape index (κ2) is 11.0. The lowest BCUT2D eigenvalue weighted by Gasteiger charge is -2.26. The molecule has 0 spiro atoms. The Labute approximate surface area is 209 Å².